The van der Waals surface area contributed by atoms with Crippen LogP contribution in [0, 0.1) is 0 Å². The summed E-state index contributed by atoms with van der Waals surface area (Å²) in [5.74, 6) is 0.621. The number of aromatic amines is 1. The lowest BCUT2D eigenvalue weighted by atomic mass is 10.1. The fourth-order valence-corrected chi connectivity index (χ4v) is 2.79. The lowest BCUT2D eigenvalue weighted by Crippen LogP contribution is -2.25. The Morgan fingerprint density at radius 1 is 1.30 bits per heavy atom. The number of H-pyrrole nitrogens is 1. The summed E-state index contributed by atoms with van der Waals surface area (Å²) in [5.41, 5.74) is 2.73. The molecule has 1 aliphatic heterocycles. The molecule has 3 N–H and O–H groups in total. The Balaban J connectivity index is 1.88. The van der Waals surface area contributed by atoms with Crippen LogP contribution in [-0.4, -0.2) is 36.9 Å². The maximum Gasteiger partial charge on any atom is 0.276 e. The van der Waals surface area contributed by atoms with E-state index in [2.05, 4.69) is 20.8 Å². The molecule has 0 bridgehead atoms. The van der Waals surface area contributed by atoms with Crippen LogP contribution >= 0.6 is 11.6 Å². The molecule has 7 nitrogen and oxygen atoms in total. The van der Waals surface area contributed by atoms with Gasteiger partial charge in [0.05, 0.1) is 24.9 Å². The van der Waals surface area contributed by atoms with E-state index in [1.54, 1.807) is 12.1 Å². The fraction of sp³-hybridized carbons (Fsp3) is 0.333. The number of carbonyl (C=O) groups excluding carboxylic acids is 1. The van der Waals surface area contributed by atoms with Crippen LogP contribution in [0.4, 0.5) is 5.69 Å². The molecule has 2 heterocycles. The van der Waals surface area contributed by atoms with Gasteiger partial charge in [0.15, 0.2) is 5.69 Å². The first-order valence-corrected chi connectivity index (χ1v) is 7.51. The zero-order valence-electron chi connectivity index (χ0n) is 12.8. The number of ether oxygens (including phenoxy) is 2. The van der Waals surface area contributed by atoms with Crippen molar-refractivity contribution in [3.63, 3.8) is 0 Å². The number of rotatable bonds is 4. The van der Waals surface area contributed by atoms with Gasteiger partial charge < -0.3 is 20.1 Å². The van der Waals surface area contributed by atoms with E-state index in [9.17, 15) is 4.79 Å². The van der Waals surface area contributed by atoms with E-state index >= 15 is 0 Å². The molecule has 0 unspecified atom stereocenters. The van der Waals surface area contributed by atoms with Crippen molar-refractivity contribution in [3.8, 4) is 11.5 Å². The Hall–Kier alpha value is -2.25. The van der Waals surface area contributed by atoms with Crippen LogP contribution in [0.1, 0.15) is 21.7 Å². The number of anilines is 1. The van der Waals surface area contributed by atoms with Crippen molar-refractivity contribution in [2.45, 2.75) is 13.0 Å². The number of nitrogens with one attached hydrogen (secondary N) is 3. The van der Waals surface area contributed by atoms with E-state index in [1.807, 2.05) is 0 Å². The molecule has 122 valence electrons. The average molecular weight is 337 g/mol. The molecule has 1 aromatic carbocycles. The predicted molar refractivity (Wildman–Crippen MR) is 86.5 cm³/mol. The van der Waals surface area contributed by atoms with E-state index in [0.29, 0.717) is 34.4 Å². The van der Waals surface area contributed by atoms with E-state index < -0.39 is 0 Å². The number of halogens is 1. The molecule has 0 spiro atoms. The smallest absolute Gasteiger partial charge is 0.276 e. The molecular formula is C15H17ClN4O3. The van der Waals surface area contributed by atoms with Gasteiger partial charge in [0, 0.05) is 36.8 Å². The molecule has 0 saturated carbocycles. The van der Waals surface area contributed by atoms with Gasteiger partial charge in [-0.3, -0.25) is 9.89 Å². The summed E-state index contributed by atoms with van der Waals surface area (Å²) in [6.45, 7) is 1.49. The highest BCUT2D eigenvalue weighted by Gasteiger charge is 2.22. The topological polar surface area (TPSA) is 88.3 Å². The van der Waals surface area contributed by atoms with E-state index in [-0.39, 0.29) is 5.91 Å². The van der Waals surface area contributed by atoms with Gasteiger partial charge in [-0.25, -0.2) is 0 Å². The van der Waals surface area contributed by atoms with Crippen molar-refractivity contribution in [1.82, 2.24) is 15.5 Å². The Morgan fingerprint density at radius 2 is 2.09 bits per heavy atom. The summed E-state index contributed by atoms with van der Waals surface area (Å²) < 4.78 is 10.4. The molecule has 8 heteroatoms. The van der Waals surface area contributed by atoms with Crippen LogP contribution < -0.4 is 20.1 Å². The van der Waals surface area contributed by atoms with Crippen LogP contribution in [0.2, 0.25) is 5.02 Å². The number of hydrogen-bond acceptors (Lipinski definition) is 5. The summed E-state index contributed by atoms with van der Waals surface area (Å²) in [6, 6.07) is 3.22. The van der Waals surface area contributed by atoms with Crippen LogP contribution in [0.15, 0.2) is 12.1 Å². The Morgan fingerprint density at radius 3 is 2.83 bits per heavy atom. The Kier molecular flexibility index (Phi) is 4.40. The zero-order valence-corrected chi connectivity index (χ0v) is 13.6. The minimum Gasteiger partial charge on any atom is -0.495 e. The average Bonchev–Trinajstić information content (AvgIpc) is 2.99. The highest BCUT2D eigenvalue weighted by Crippen LogP contribution is 2.36. The quantitative estimate of drug-likeness (QED) is 0.794. The number of aromatic nitrogens is 2. The second-order valence-electron chi connectivity index (χ2n) is 5.10. The second-order valence-corrected chi connectivity index (χ2v) is 5.50. The molecule has 0 saturated heterocycles. The third-order valence-corrected chi connectivity index (χ3v) is 4.04. The summed E-state index contributed by atoms with van der Waals surface area (Å²) in [7, 11) is 3.03. The van der Waals surface area contributed by atoms with Gasteiger partial charge in [0.25, 0.3) is 5.91 Å². The standard InChI is InChI=1S/C15H17ClN4O3/c1-22-12-6-13(23-2)11(5-9(12)16)18-15(21)14-8-7-17-4-3-10(8)19-20-14/h5-6,17H,3-4,7H2,1-2H3,(H,18,21)(H,19,20). The molecule has 0 atom stereocenters. The van der Waals surface area contributed by atoms with Crippen LogP contribution in [0.3, 0.4) is 0 Å². The number of methoxy groups -OCH3 is 2. The summed E-state index contributed by atoms with van der Waals surface area (Å²) in [5, 5.41) is 13.5. The van der Waals surface area contributed by atoms with Crippen molar-refractivity contribution in [2.24, 2.45) is 0 Å². The van der Waals surface area contributed by atoms with Gasteiger partial charge in [-0.2, -0.15) is 5.10 Å². The Bertz CT molecular complexity index is 745. The molecule has 1 aliphatic rings. The first kappa shape index (κ1) is 15.6. The molecule has 1 aromatic heterocycles. The first-order chi connectivity index (χ1) is 11.1. The lowest BCUT2D eigenvalue weighted by Gasteiger charge is -2.14. The molecule has 1 amide bonds. The third-order valence-electron chi connectivity index (χ3n) is 3.74. The van der Waals surface area contributed by atoms with E-state index in [1.165, 1.54) is 14.2 Å². The third kappa shape index (κ3) is 2.97. The fourth-order valence-electron chi connectivity index (χ4n) is 2.55. The van der Waals surface area contributed by atoms with Gasteiger partial charge in [0.2, 0.25) is 0 Å². The molecule has 0 radical (unpaired) electrons. The van der Waals surface area contributed by atoms with E-state index in [4.69, 9.17) is 21.1 Å². The number of nitrogens with zero attached hydrogens (tertiary/aromatic N) is 1. The van der Waals surface area contributed by atoms with Crippen molar-refractivity contribution >= 4 is 23.2 Å². The molecular weight excluding hydrogens is 320 g/mol. The van der Waals surface area contributed by atoms with Crippen molar-refractivity contribution in [3.05, 3.63) is 34.1 Å². The summed E-state index contributed by atoms with van der Waals surface area (Å²) >= 11 is 6.12. The maximum absolute atomic E-state index is 12.5. The SMILES string of the molecule is COc1cc(OC)c(NC(=O)c2n[nH]c3c2CNCC3)cc1Cl. The molecule has 23 heavy (non-hydrogen) atoms. The number of benzene rings is 1. The highest BCUT2D eigenvalue weighted by molar-refractivity contribution is 6.32. The number of carbonyl (C=O) groups is 1. The molecule has 3 rings (SSSR count). The number of hydrogen-bond donors (Lipinski definition) is 3. The van der Waals surface area contributed by atoms with Crippen molar-refractivity contribution < 1.29 is 14.3 Å². The Labute approximate surface area is 138 Å². The van der Waals surface area contributed by atoms with Crippen molar-refractivity contribution in [2.75, 3.05) is 26.1 Å². The highest BCUT2D eigenvalue weighted by atomic mass is 35.5. The van der Waals surface area contributed by atoms with Gasteiger partial charge in [-0.15, -0.1) is 0 Å². The minimum atomic E-state index is -0.314. The zero-order chi connectivity index (χ0) is 16.4. The van der Waals surface area contributed by atoms with E-state index in [0.717, 1.165) is 24.2 Å². The number of fused-ring (bicyclic) bond motifs is 1. The second kappa shape index (κ2) is 6.47. The lowest BCUT2D eigenvalue weighted by molar-refractivity contribution is 0.102. The van der Waals surface area contributed by atoms with Crippen LogP contribution in [0.5, 0.6) is 11.5 Å². The van der Waals surface area contributed by atoms with Gasteiger partial charge in [-0.1, -0.05) is 11.6 Å². The maximum atomic E-state index is 12.5. The van der Waals surface area contributed by atoms with Crippen LogP contribution in [-0.2, 0) is 13.0 Å². The predicted octanol–water partition coefficient (Wildman–Crippen LogP) is 1.98. The molecule has 2 aromatic rings. The first-order valence-electron chi connectivity index (χ1n) is 7.13. The largest absolute Gasteiger partial charge is 0.495 e. The van der Waals surface area contributed by atoms with Gasteiger partial charge >= 0.3 is 0 Å². The van der Waals surface area contributed by atoms with Gasteiger partial charge in [0.1, 0.15) is 11.5 Å². The molecule has 0 aliphatic carbocycles. The monoisotopic (exact) mass is 336 g/mol. The normalized spacial score (nSPS) is 13.3. The minimum absolute atomic E-state index is 0.314. The number of amides is 1. The summed E-state index contributed by atoms with van der Waals surface area (Å²) in [4.78, 5) is 12.5. The summed E-state index contributed by atoms with van der Waals surface area (Å²) in [6.07, 6.45) is 0.827. The molecule has 0 fully saturated rings. The van der Waals surface area contributed by atoms with Gasteiger partial charge in [-0.05, 0) is 6.07 Å². The van der Waals surface area contributed by atoms with Crippen LogP contribution in [0.25, 0.3) is 0 Å². The van der Waals surface area contributed by atoms with Crippen molar-refractivity contribution in [1.29, 1.82) is 0 Å².